The average Bonchev–Trinajstić information content (AvgIpc) is 2.77. The molecule has 0 aliphatic carbocycles. The number of carbonyl (C=O) groups excluding carboxylic acids is 1. The quantitative estimate of drug-likeness (QED) is 0.568. The van der Waals surface area contributed by atoms with Gasteiger partial charge in [0, 0.05) is 17.8 Å². The number of nitrogens with zero attached hydrogens (tertiary/aromatic N) is 1. The van der Waals surface area contributed by atoms with Gasteiger partial charge in [-0.15, -0.1) is 0 Å². The van der Waals surface area contributed by atoms with Gasteiger partial charge < -0.3 is 15.0 Å². The van der Waals surface area contributed by atoms with Crippen molar-refractivity contribution in [2.24, 2.45) is 0 Å². The third-order valence-electron chi connectivity index (χ3n) is 5.82. The monoisotopic (exact) mass is 400 g/mol. The molecular formula is C26H28N2O2. The molecule has 1 aliphatic rings. The second-order valence-electron chi connectivity index (χ2n) is 7.95. The number of ether oxygens (including phenoxy) is 1. The Hall–Kier alpha value is -3.27. The van der Waals surface area contributed by atoms with Gasteiger partial charge in [0.1, 0.15) is 11.4 Å². The lowest BCUT2D eigenvalue weighted by atomic mass is 9.92. The zero-order valence-corrected chi connectivity index (χ0v) is 17.8. The van der Waals surface area contributed by atoms with Gasteiger partial charge in [-0.1, -0.05) is 67.6 Å². The summed E-state index contributed by atoms with van der Waals surface area (Å²) in [5.74, 6) is 0.807. The highest BCUT2D eigenvalue weighted by Gasteiger charge is 2.44. The summed E-state index contributed by atoms with van der Waals surface area (Å²) < 4.78 is 6.26. The van der Waals surface area contributed by atoms with Gasteiger partial charge in [-0.2, -0.15) is 0 Å². The molecule has 0 bridgehead atoms. The summed E-state index contributed by atoms with van der Waals surface area (Å²) in [5, 5.41) is 3.65. The molecule has 0 saturated heterocycles. The van der Waals surface area contributed by atoms with Crippen molar-refractivity contribution in [3.63, 3.8) is 0 Å². The van der Waals surface area contributed by atoms with E-state index >= 15 is 0 Å². The van der Waals surface area contributed by atoms with Crippen molar-refractivity contribution in [3.8, 4) is 5.75 Å². The minimum absolute atomic E-state index is 0.00838. The number of anilines is 1. The zero-order valence-electron chi connectivity index (χ0n) is 17.8. The number of rotatable bonds is 6. The minimum atomic E-state index is -0.759. The molecule has 4 rings (SSSR count). The molecule has 0 fully saturated rings. The predicted molar refractivity (Wildman–Crippen MR) is 121 cm³/mol. The first-order valence-corrected chi connectivity index (χ1v) is 10.5. The maximum Gasteiger partial charge on any atom is 0.258 e. The maximum absolute atomic E-state index is 13.6. The summed E-state index contributed by atoms with van der Waals surface area (Å²) in [6.07, 6.45) is 0.998. The molecule has 0 saturated carbocycles. The number of hydrogen-bond acceptors (Lipinski definition) is 3. The lowest BCUT2D eigenvalue weighted by molar-refractivity contribution is 0.0499. The highest BCUT2D eigenvalue weighted by atomic mass is 16.5. The summed E-state index contributed by atoms with van der Waals surface area (Å²) in [6, 6.07) is 25.8. The average molecular weight is 401 g/mol. The summed E-state index contributed by atoms with van der Waals surface area (Å²) >= 11 is 0. The van der Waals surface area contributed by atoms with E-state index in [-0.39, 0.29) is 12.0 Å². The van der Waals surface area contributed by atoms with Gasteiger partial charge in [0.2, 0.25) is 0 Å². The first-order valence-electron chi connectivity index (χ1n) is 10.5. The highest BCUT2D eigenvalue weighted by Crippen LogP contribution is 2.42. The van der Waals surface area contributed by atoms with Crippen LogP contribution in [0.5, 0.6) is 5.75 Å². The summed E-state index contributed by atoms with van der Waals surface area (Å²) in [5.41, 5.74) is 2.80. The predicted octanol–water partition coefficient (Wildman–Crippen LogP) is 5.80. The van der Waals surface area contributed by atoms with Gasteiger partial charge in [0.05, 0.1) is 11.7 Å². The number of benzene rings is 3. The van der Waals surface area contributed by atoms with Crippen molar-refractivity contribution in [1.29, 1.82) is 0 Å². The van der Waals surface area contributed by atoms with Crippen molar-refractivity contribution in [3.05, 3.63) is 95.6 Å². The first kappa shape index (κ1) is 20.0. The molecule has 4 heteroatoms. The lowest BCUT2D eigenvalue weighted by Crippen LogP contribution is -2.55. The SMILES string of the molecule is CCC(C)Oc1ccccc1C1(C)Nc2ccccc2C(=O)N1Cc1ccccc1. The Balaban J connectivity index is 1.83. The lowest BCUT2D eigenvalue weighted by Gasteiger charge is -2.47. The van der Waals surface area contributed by atoms with Gasteiger partial charge in [-0.3, -0.25) is 4.79 Å². The van der Waals surface area contributed by atoms with E-state index in [9.17, 15) is 4.79 Å². The standard InChI is InChI=1S/C26H28N2O2/c1-4-19(2)30-24-17-11-9-15-22(24)26(3)27-23-16-10-8-14-21(23)25(29)28(26)18-20-12-6-5-7-13-20/h5-17,19,27H,4,18H2,1-3H3. The molecule has 154 valence electrons. The van der Waals surface area contributed by atoms with E-state index in [2.05, 4.69) is 38.2 Å². The number of carbonyl (C=O) groups is 1. The summed E-state index contributed by atoms with van der Waals surface area (Å²) in [4.78, 5) is 15.6. The molecular weight excluding hydrogens is 372 g/mol. The van der Waals surface area contributed by atoms with Gasteiger partial charge in [-0.25, -0.2) is 0 Å². The van der Waals surface area contributed by atoms with E-state index < -0.39 is 5.66 Å². The van der Waals surface area contributed by atoms with Crippen LogP contribution in [0.1, 0.15) is 48.7 Å². The fraction of sp³-hybridized carbons (Fsp3) is 0.269. The van der Waals surface area contributed by atoms with Crippen LogP contribution in [-0.4, -0.2) is 16.9 Å². The van der Waals surface area contributed by atoms with Crippen LogP contribution in [0.25, 0.3) is 0 Å². The Morgan fingerprint density at radius 3 is 2.40 bits per heavy atom. The Morgan fingerprint density at radius 1 is 0.967 bits per heavy atom. The van der Waals surface area contributed by atoms with Crippen LogP contribution in [0.15, 0.2) is 78.9 Å². The third-order valence-corrected chi connectivity index (χ3v) is 5.82. The fourth-order valence-electron chi connectivity index (χ4n) is 3.94. The minimum Gasteiger partial charge on any atom is -0.490 e. The van der Waals surface area contributed by atoms with Crippen LogP contribution >= 0.6 is 0 Å². The normalized spacial score (nSPS) is 19.0. The van der Waals surface area contributed by atoms with Crippen molar-refractivity contribution in [2.45, 2.75) is 45.5 Å². The Morgan fingerprint density at radius 2 is 1.63 bits per heavy atom. The summed E-state index contributed by atoms with van der Waals surface area (Å²) in [7, 11) is 0. The fourth-order valence-corrected chi connectivity index (χ4v) is 3.94. The zero-order chi connectivity index (χ0) is 21.1. The van der Waals surface area contributed by atoms with Gasteiger partial charge in [0.25, 0.3) is 5.91 Å². The topological polar surface area (TPSA) is 41.6 Å². The second-order valence-corrected chi connectivity index (χ2v) is 7.95. The molecule has 1 aliphatic heterocycles. The molecule has 4 nitrogen and oxygen atoms in total. The van der Waals surface area contributed by atoms with Crippen LogP contribution in [-0.2, 0) is 12.2 Å². The molecule has 0 aromatic heterocycles. The van der Waals surface area contributed by atoms with Crippen molar-refractivity contribution >= 4 is 11.6 Å². The van der Waals surface area contributed by atoms with Crippen LogP contribution < -0.4 is 10.1 Å². The van der Waals surface area contributed by atoms with Gasteiger partial charge in [-0.05, 0) is 44.0 Å². The Labute approximate surface area is 178 Å². The Kier molecular flexibility index (Phi) is 5.49. The van der Waals surface area contributed by atoms with Crippen LogP contribution in [0.4, 0.5) is 5.69 Å². The largest absolute Gasteiger partial charge is 0.490 e. The van der Waals surface area contributed by atoms with Gasteiger partial charge >= 0.3 is 0 Å². The molecule has 0 spiro atoms. The Bertz CT molecular complexity index is 1030. The van der Waals surface area contributed by atoms with E-state index in [1.54, 1.807) is 0 Å². The number of para-hydroxylation sites is 2. The molecule has 1 heterocycles. The highest BCUT2D eigenvalue weighted by molar-refractivity contribution is 6.02. The van der Waals surface area contributed by atoms with E-state index in [1.807, 2.05) is 71.6 Å². The van der Waals surface area contributed by atoms with Crippen molar-refractivity contribution < 1.29 is 9.53 Å². The number of amides is 1. The molecule has 3 aromatic carbocycles. The first-order chi connectivity index (χ1) is 14.5. The second kappa shape index (κ2) is 8.23. The van der Waals surface area contributed by atoms with E-state index in [0.717, 1.165) is 29.0 Å². The van der Waals surface area contributed by atoms with Crippen molar-refractivity contribution in [1.82, 2.24) is 4.90 Å². The van der Waals surface area contributed by atoms with Crippen molar-refractivity contribution in [2.75, 3.05) is 5.32 Å². The van der Waals surface area contributed by atoms with E-state index in [4.69, 9.17) is 4.74 Å². The van der Waals surface area contributed by atoms with E-state index in [0.29, 0.717) is 12.1 Å². The maximum atomic E-state index is 13.6. The van der Waals surface area contributed by atoms with Crippen LogP contribution in [0.3, 0.4) is 0 Å². The number of nitrogens with one attached hydrogen (secondary N) is 1. The summed E-state index contributed by atoms with van der Waals surface area (Å²) in [6.45, 7) is 6.72. The van der Waals surface area contributed by atoms with Crippen LogP contribution in [0.2, 0.25) is 0 Å². The molecule has 2 unspecified atom stereocenters. The molecule has 1 N–H and O–H groups in total. The smallest absolute Gasteiger partial charge is 0.258 e. The molecule has 30 heavy (non-hydrogen) atoms. The molecule has 2 atom stereocenters. The van der Waals surface area contributed by atoms with E-state index in [1.165, 1.54) is 0 Å². The number of fused-ring (bicyclic) bond motifs is 1. The molecule has 3 aromatic rings. The van der Waals surface area contributed by atoms with Gasteiger partial charge in [0.15, 0.2) is 0 Å². The molecule has 1 amide bonds. The van der Waals surface area contributed by atoms with Crippen LogP contribution in [0, 0.1) is 0 Å². The number of hydrogen-bond donors (Lipinski definition) is 1. The molecule has 0 radical (unpaired) electrons. The third kappa shape index (κ3) is 3.65.